The van der Waals surface area contributed by atoms with Crippen LogP contribution in [-0.4, -0.2) is 9.97 Å². The highest BCUT2D eigenvalue weighted by atomic mass is 35.5. The van der Waals surface area contributed by atoms with Gasteiger partial charge in [0.2, 0.25) is 0 Å². The topological polar surface area (TPSA) is 25.8 Å². The maximum Gasteiger partial charge on any atom is 0.128 e. The van der Waals surface area contributed by atoms with Crippen molar-refractivity contribution in [1.82, 2.24) is 9.97 Å². The van der Waals surface area contributed by atoms with E-state index in [1.807, 2.05) is 48.5 Å². The van der Waals surface area contributed by atoms with Crippen molar-refractivity contribution < 1.29 is 0 Å². The fourth-order valence-corrected chi connectivity index (χ4v) is 4.97. The monoisotopic (exact) mass is 402 g/mol. The van der Waals surface area contributed by atoms with Crippen molar-refractivity contribution in [3.8, 4) is 11.1 Å². The second-order valence-corrected chi connectivity index (χ2v) is 8.06. The van der Waals surface area contributed by atoms with Crippen LogP contribution in [0.25, 0.3) is 21.3 Å². The average Bonchev–Trinajstić information content (AvgIpc) is 3.06. The molecule has 0 radical (unpaired) electrons. The molecule has 0 bridgehead atoms. The first-order valence-electron chi connectivity index (χ1n) is 7.57. The van der Waals surface area contributed by atoms with Crippen LogP contribution >= 0.6 is 46.3 Å². The van der Waals surface area contributed by atoms with Gasteiger partial charge in [0, 0.05) is 26.7 Å². The van der Waals surface area contributed by atoms with E-state index in [-0.39, 0.29) is 0 Å². The van der Waals surface area contributed by atoms with Crippen LogP contribution in [0.5, 0.6) is 0 Å². The molecule has 0 aliphatic rings. The number of thioether (sulfide) groups is 1. The molecule has 0 fully saturated rings. The van der Waals surface area contributed by atoms with Gasteiger partial charge in [-0.25, -0.2) is 9.97 Å². The highest BCUT2D eigenvalue weighted by molar-refractivity contribution is 7.98. The first kappa shape index (κ1) is 16.9. The number of halogens is 2. The van der Waals surface area contributed by atoms with E-state index in [0.717, 1.165) is 47.7 Å². The molecule has 4 aromatic rings. The molecule has 0 atom stereocenters. The molecule has 2 aromatic heterocycles. The van der Waals surface area contributed by atoms with Crippen molar-refractivity contribution in [1.29, 1.82) is 0 Å². The van der Waals surface area contributed by atoms with Gasteiger partial charge in [-0.3, -0.25) is 0 Å². The summed E-state index contributed by atoms with van der Waals surface area (Å²) in [5.74, 6) is 0.766. The van der Waals surface area contributed by atoms with Crippen LogP contribution in [0.3, 0.4) is 0 Å². The number of hydrogen-bond acceptors (Lipinski definition) is 4. The van der Waals surface area contributed by atoms with Gasteiger partial charge >= 0.3 is 0 Å². The zero-order chi connectivity index (χ0) is 17.2. The Morgan fingerprint density at radius 2 is 1.76 bits per heavy atom. The second-order valence-electron chi connectivity index (χ2n) is 5.40. The van der Waals surface area contributed by atoms with Gasteiger partial charge in [0.05, 0.1) is 5.39 Å². The van der Waals surface area contributed by atoms with E-state index in [1.165, 1.54) is 0 Å². The van der Waals surface area contributed by atoms with Gasteiger partial charge < -0.3 is 0 Å². The molecule has 0 N–H and O–H groups in total. The van der Waals surface area contributed by atoms with Crippen molar-refractivity contribution >= 4 is 56.5 Å². The third-order valence-electron chi connectivity index (χ3n) is 3.81. The van der Waals surface area contributed by atoms with Crippen LogP contribution in [0.15, 0.2) is 65.3 Å². The summed E-state index contributed by atoms with van der Waals surface area (Å²) in [6.07, 6.45) is 1.62. The van der Waals surface area contributed by atoms with E-state index in [2.05, 4.69) is 15.3 Å². The Bertz CT molecular complexity index is 1030. The molecule has 2 nitrogen and oxygen atoms in total. The van der Waals surface area contributed by atoms with Crippen LogP contribution in [0, 0.1) is 0 Å². The Morgan fingerprint density at radius 1 is 0.960 bits per heavy atom. The van der Waals surface area contributed by atoms with Crippen LogP contribution in [0.4, 0.5) is 0 Å². The predicted molar refractivity (Wildman–Crippen MR) is 109 cm³/mol. The zero-order valence-electron chi connectivity index (χ0n) is 12.9. The van der Waals surface area contributed by atoms with E-state index < -0.39 is 0 Å². The molecule has 0 saturated carbocycles. The fourth-order valence-electron chi connectivity index (χ4n) is 2.56. The van der Waals surface area contributed by atoms with Crippen molar-refractivity contribution in [2.24, 2.45) is 0 Å². The molecule has 0 amide bonds. The van der Waals surface area contributed by atoms with Gasteiger partial charge in [0.15, 0.2) is 0 Å². The summed E-state index contributed by atoms with van der Waals surface area (Å²) >= 11 is 15.6. The van der Waals surface area contributed by atoms with Gasteiger partial charge in [0.25, 0.3) is 0 Å². The lowest BCUT2D eigenvalue weighted by molar-refractivity contribution is 1.11. The Hall–Kier alpha value is -1.59. The lowest BCUT2D eigenvalue weighted by atomic mass is 10.1. The second kappa shape index (κ2) is 7.34. The summed E-state index contributed by atoms with van der Waals surface area (Å²) in [5.41, 5.74) is 3.35. The van der Waals surface area contributed by atoms with Gasteiger partial charge in [-0.15, -0.1) is 23.1 Å². The lowest BCUT2D eigenvalue weighted by Crippen LogP contribution is -1.88. The molecule has 124 valence electrons. The summed E-state index contributed by atoms with van der Waals surface area (Å²) < 4.78 is 0. The number of fused-ring (bicyclic) bond motifs is 1. The fraction of sp³-hybridized carbons (Fsp3) is 0.0526. The molecule has 0 spiro atoms. The summed E-state index contributed by atoms with van der Waals surface area (Å²) in [6.45, 7) is 0. The minimum Gasteiger partial charge on any atom is -0.229 e. The molecule has 2 heterocycles. The van der Waals surface area contributed by atoms with E-state index in [1.54, 1.807) is 29.4 Å². The number of rotatable bonds is 4. The SMILES string of the molecule is Clc1ccc(-c2csc3ncnc(SCc4ccccc4Cl)c23)cc1. The Morgan fingerprint density at radius 3 is 2.56 bits per heavy atom. The molecule has 6 heteroatoms. The molecule has 0 aliphatic heterocycles. The lowest BCUT2D eigenvalue weighted by Gasteiger charge is -2.07. The highest BCUT2D eigenvalue weighted by Crippen LogP contribution is 2.39. The number of benzene rings is 2. The van der Waals surface area contributed by atoms with Crippen LogP contribution in [0.2, 0.25) is 10.0 Å². The minimum atomic E-state index is 0.729. The van der Waals surface area contributed by atoms with Crippen molar-refractivity contribution in [3.05, 3.63) is 75.8 Å². The molecular weight excluding hydrogens is 391 g/mol. The minimum absolute atomic E-state index is 0.729. The van der Waals surface area contributed by atoms with Crippen molar-refractivity contribution in [2.75, 3.05) is 0 Å². The van der Waals surface area contributed by atoms with Gasteiger partial charge in [-0.05, 0) is 29.3 Å². The summed E-state index contributed by atoms with van der Waals surface area (Å²) in [4.78, 5) is 9.92. The Kier molecular flexibility index (Phi) is 4.95. The number of nitrogens with zero attached hydrogens (tertiary/aromatic N) is 2. The van der Waals surface area contributed by atoms with Crippen molar-refractivity contribution in [3.63, 3.8) is 0 Å². The molecule has 4 rings (SSSR count). The van der Waals surface area contributed by atoms with Crippen LogP contribution in [0.1, 0.15) is 5.56 Å². The zero-order valence-corrected chi connectivity index (χ0v) is 16.1. The maximum absolute atomic E-state index is 6.27. The quantitative estimate of drug-likeness (QED) is 0.272. The van der Waals surface area contributed by atoms with Crippen LogP contribution < -0.4 is 0 Å². The van der Waals surface area contributed by atoms with E-state index in [9.17, 15) is 0 Å². The van der Waals surface area contributed by atoms with Gasteiger partial charge in [-0.2, -0.15) is 0 Å². The molecular formula is C19H12Cl2N2S2. The van der Waals surface area contributed by atoms with E-state index in [0.29, 0.717) is 0 Å². The molecule has 25 heavy (non-hydrogen) atoms. The Balaban J connectivity index is 1.73. The highest BCUT2D eigenvalue weighted by Gasteiger charge is 2.14. The predicted octanol–water partition coefficient (Wildman–Crippen LogP) is 6.96. The largest absolute Gasteiger partial charge is 0.229 e. The number of thiophene rings is 1. The van der Waals surface area contributed by atoms with E-state index >= 15 is 0 Å². The Labute approximate surface area is 163 Å². The van der Waals surface area contributed by atoms with Crippen molar-refractivity contribution in [2.45, 2.75) is 10.8 Å². The average molecular weight is 403 g/mol. The molecule has 2 aromatic carbocycles. The van der Waals surface area contributed by atoms with E-state index in [4.69, 9.17) is 23.2 Å². The summed E-state index contributed by atoms with van der Waals surface area (Å²) in [6, 6.07) is 15.8. The van der Waals surface area contributed by atoms with Gasteiger partial charge in [-0.1, -0.05) is 53.5 Å². The van der Waals surface area contributed by atoms with Gasteiger partial charge in [0.1, 0.15) is 16.2 Å². The molecule has 0 saturated heterocycles. The standard InChI is InChI=1S/C19H12Cl2N2S2/c20-14-7-5-12(6-8-14)15-10-25-19-17(15)18(22-11-23-19)24-9-13-3-1-2-4-16(13)21/h1-8,10-11H,9H2. The van der Waals surface area contributed by atoms with Crippen LogP contribution in [-0.2, 0) is 5.75 Å². The third kappa shape index (κ3) is 3.53. The maximum atomic E-state index is 6.27. The molecule has 0 unspecified atom stereocenters. The first-order valence-corrected chi connectivity index (χ1v) is 10.2. The number of aromatic nitrogens is 2. The normalized spacial score (nSPS) is 11.1. The molecule has 0 aliphatic carbocycles. The third-order valence-corrected chi connectivity index (χ3v) is 6.36. The summed E-state index contributed by atoms with van der Waals surface area (Å²) in [7, 11) is 0. The smallest absolute Gasteiger partial charge is 0.128 e. The summed E-state index contributed by atoms with van der Waals surface area (Å²) in [5, 5.41) is 5.70. The first-order chi connectivity index (χ1) is 12.2. The number of hydrogen-bond donors (Lipinski definition) is 0.